The van der Waals surface area contributed by atoms with E-state index in [0.717, 1.165) is 30.0 Å². The van der Waals surface area contributed by atoms with Gasteiger partial charge in [-0.05, 0) is 31.9 Å². The minimum atomic E-state index is -0.371. The molecule has 1 aliphatic rings. The van der Waals surface area contributed by atoms with Crippen molar-refractivity contribution in [3.05, 3.63) is 44.6 Å². The van der Waals surface area contributed by atoms with E-state index >= 15 is 0 Å². The number of fused-ring (bicyclic) bond motifs is 1. The third-order valence-electron chi connectivity index (χ3n) is 4.57. The standard InChI is InChI=1S/C19H19ClN4O3S/c1-11-22-17-18(28-11)16(12-4-6-13(20)7-5-12)23-24(19(17)26)10-15(25)21-9-14-3-2-8-27-14/h4-7,14H,2-3,8-10H2,1H3,(H,21,25)/t14-/m0/s1. The number of ether oxygens (including phenoxy) is 1. The molecule has 0 bridgehead atoms. The van der Waals surface area contributed by atoms with Gasteiger partial charge in [0.25, 0.3) is 5.56 Å². The van der Waals surface area contributed by atoms with E-state index in [1.165, 1.54) is 16.0 Å². The number of aryl methyl sites for hydroxylation is 1. The smallest absolute Gasteiger partial charge is 0.294 e. The summed E-state index contributed by atoms with van der Waals surface area (Å²) in [7, 11) is 0. The highest BCUT2D eigenvalue weighted by Crippen LogP contribution is 2.30. The summed E-state index contributed by atoms with van der Waals surface area (Å²) in [4.78, 5) is 29.5. The zero-order valence-electron chi connectivity index (χ0n) is 15.3. The fourth-order valence-corrected chi connectivity index (χ4v) is 4.24. The van der Waals surface area contributed by atoms with Gasteiger partial charge in [0.2, 0.25) is 5.91 Å². The lowest BCUT2D eigenvalue weighted by Gasteiger charge is -2.12. The number of aromatic nitrogens is 3. The first kappa shape index (κ1) is 19.0. The largest absolute Gasteiger partial charge is 0.376 e. The minimum absolute atomic E-state index is 0.0435. The van der Waals surface area contributed by atoms with Crippen molar-refractivity contribution in [3.63, 3.8) is 0 Å². The molecule has 146 valence electrons. The van der Waals surface area contributed by atoms with Crippen molar-refractivity contribution < 1.29 is 9.53 Å². The van der Waals surface area contributed by atoms with Crippen LogP contribution in [0.4, 0.5) is 0 Å². The summed E-state index contributed by atoms with van der Waals surface area (Å²) < 4.78 is 7.39. The van der Waals surface area contributed by atoms with Crippen molar-refractivity contribution in [3.8, 4) is 11.3 Å². The second-order valence-electron chi connectivity index (χ2n) is 6.67. The summed E-state index contributed by atoms with van der Waals surface area (Å²) in [6.07, 6.45) is 1.98. The van der Waals surface area contributed by atoms with Gasteiger partial charge in [-0.15, -0.1) is 11.3 Å². The Labute approximate surface area is 170 Å². The van der Waals surface area contributed by atoms with Crippen LogP contribution in [0.5, 0.6) is 0 Å². The van der Waals surface area contributed by atoms with Crippen LogP contribution < -0.4 is 10.9 Å². The number of nitrogens with zero attached hydrogens (tertiary/aromatic N) is 3. The summed E-state index contributed by atoms with van der Waals surface area (Å²) in [6.45, 7) is 2.84. The first-order chi connectivity index (χ1) is 13.5. The van der Waals surface area contributed by atoms with Crippen LogP contribution in [0.15, 0.2) is 29.1 Å². The van der Waals surface area contributed by atoms with E-state index < -0.39 is 0 Å². The molecule has 1 fully saturated rings. The van der Waals surface area contributed by atoms with E-state index in [0.29, 0.717) is 27.5 Å². The van der Waals surface area contributed by atoms with E-state index in [1.807, 2.05) is 19.1 Å². The first-order valence-corrected chi connectivity index (χ1v) is 10.2. The fourth-order valence-electron chi connectivity index (χ4n) is 3.19. The number of halogens is 1. The second-order valence-corrected chi connectivity index (χ2v) is 8.31. The van der Waals surface area contributed by atoms with Gasteiger partial charge in [-0.2, -0.15) is 5.10 Å². The minimum Gasteiger partial charge on any atom is -0.376 e. The number of carbonyl (C=O) groups excluding carboxylic acids is 1. The fraction of sp³-hybridized carbons (Fsp3) is 0.368. The number of rotatable bonds is 5. The Morgan fingerprint density at radius 3 is 2.89 bits per heavy atom. The molecule has 3 aromatic rings. The van der Waals surface area contributed by atoms with E-state index in [1.54, 1.807) is 12.1 Å². The van der Waals surface area contributed by atoms with Crippen LogP contribution in [-0.4, -0.2) is 39.9 Å². The van der Waals surface area contributed by atoms with Gasteiger partial charge in [-0.25, -0.2) is 9.67 Å². The molecule has 3 heterocycles. The van der Waals surface area contributed by atoms with Gasteiger partial charge in [-0.1, -0.05) is 23.7 Å². The Kier molecular flexibility index (Phi) is 5.43. The third kappa shape index (κ3) is 3.94. The highest BCUT2D eigenvalue weighted by atomic mass is 35.5. The Bertz CT molecular complexity index is 1070. The van der Waals surface area contributed by atoms with Gasteiger partial charge in [-0.3, -0.25) is 9.59 Å². The molecular formula is C19H19ClN4O3S. The van der Waals surface area contributed by atoms with Crippen LogP contribution in [0.2, 0.25) is 5.02 Å². The van der Waals surface area contributed by atoms with Gasteiger partial charge in [0.1, 0.15) is 12.2 Å². The van der Waals surface area contributed by atoms with Crippen LogP contribution in [0.3, 0.4) is 0 Å². The molecule has 1 saturated heterocycles. The Hall–Kier alpha value is -2.29. The average molecular weight is 419 g/mol. The molecule has 0 spiro atoms. The Morgan fingerprint density at radius 1 is 1.39 bits per heavy atom. The number of hydrogen-bond acceptors (Lipinski definition) is 6. The van der Waals surface area contributed by atoms with Crippen LogP contribution in [0.1, 0.15) is 17.8 Å². The van der Waals surface area contributed by atoms with Gasteiger partial charge in [0, 0.05) is 23.7 Å². The molecular weight excluding hydrogens is 400 g/mol. The van der Waals surface area contributed by atoms with Crippen LogP contribution in [-0.2, 0) is 16.1 Å². The summed E-state index contributed by atoms with van der Waals surface area (Å²) in [5, 5.41) is 8.68. The molecule has 0 aliphatic carbocycles. The number of carbonyl (C=O) groups is 1. The van der Waals surface area contributed by atoms with Gasteiger partial charge >= 0.3 is 0 Å². The molecule has 4 rings (SSSR count). The maximum absolute atomic E-state index is 12.8. The third-order valence-corrected chi connectivity index (χ3v) is 5.80. The molecule has 1 aromatic carbocycles. The van der Waals surface area contributed by atoms with E-state index in [-0.39, 0.29) is 24.1 Å². The number of amides is 1. The van der Waals surface area contributed by atoms with Crippen LogP contribution in [0.25, 0.3) is 21.5 Å². The second kappa shape index (κ2) is 7.98. The number of benzene rings is 1. The molecule has 1 N–H and O–H groups in total. The summed E-state index contributed by atoms with van der Waals surface area (Å²) >= 11 is 7.40. The predicted octanol–water partition coefficient (Wildman–Crippen LogP) is 2.78. The topological polar surface area (TPSA) is 86.1 Å². The van der Waals surface area contributed by atoms with Crippen molar-refractivity contribution in [1.29, 1.82) is 0 Å². The maximum atomic E-state index is 12.8. The average Bonchev–Trinajstić information content (AvgIpc) is 3.33. The Balaban J connectivity index is 1.66. The molecule has 1 amide bonds. The highest BCUT2D eigenvalue weighted by molar-refractivity contribution is 7.19. The Morgan fingerprint density at radius 2 is 2.18 bits per heavy atom. The molecule has 7 nitrogen and oxygen atoms in total. The van der Waals surface area contributed by atoms with Crippen molar-refractivity contribution in [1.82, 2.24) is 20.1 Å². The van der Waals surface area contributed by atoms with Crippen molar-refractivity contribution in [2.75, 3.05) is 13.2 Å². The molecule has 2 aromatic heterocycles. The number of hydrogen-bond donors (Lipinski definition) is 1. The zero-order chi connectivity index (χ0) is 19.7. The quantitative estimate of drug-likeness (QED) is 0.688. The van der Waals surface area contributed by atoms with Crippen molar-refractivity contribution in [2.45, 2.75) is 32.4 Å². The lowest BCUT2D eigenvalue weighted by atomic mass is 10.1. The van der Waals surface area contributed by atoms with Gasteiger partial charge < -0.3 is 10.1 Å². The highest BCUT2D eigenvalue weighted by Gasteiger charge is 2.19. The van der Waals surface area contributed by atoms with E-state index in [9.17, 15) is 9.59 Å². The van der Waals surface area contributed by atoms with Gasteiger partial charge in [0.15, 0.2) is 5.52 Å². The normalized spacial score (nSPS) is 16.6. The lowest BCUT2D eigenvalue weighted by molar-refractivity contribution is -0.122. The summed E-state index contributed by atoms with van der Waals surface area (Å²) in [5.41, 5.74) is 1.38. The van der Waals surface area contributed by atoms with E-state index in [2.05, 4.69) is 15.4 Å². The molecule has 0 saturated carbocycles. The van der Waals surface area contributed by atoms with Crippen molar-refractivity contribution in [2.24, 2.45) is 0 Å². The SMILES string of the molecule is Cc1nc2c(=O)n(CC(=O)NC[C@@H]3CCCO3)nc(-c3ccc(Cl)cc3)c2s1. The van der Waals surface area contributed by atoms with Gasteiger partial charge in [0.05, 0.1) is 15.8 Å². The predicted molar refractivity (Wildman–Crippen MR) is 109 cm³/mol. The summed E-state index contributed by atoms with van der Waals surface area (Å²) in [6, 6.07) is 7.21. The molecule has 0 unspecified atom stereocenters. The molecule has 28 heavy (non-hydrogen) atoms. The van der Waals surface area contributed by atoms with E-state index in [4.69, 9.17) is 16.3 Å². The lowest BCUT2D eigenvalue weighted by Crippen LogP contribution is -2.37. The molecule has 9 heteroatoms. The van der Waals surface area contributed by atoms with Crippen LogP contribution in [0, 0.1) is 6.92 Å². The molecule has 1 aliphatic heterocycles. The maximum Gasteiger partial charge on any atom is 0.294 e. The van der Waals surface area contributed by atoms with Crippen molar-refractivity contribution >= 4 is 39.1 Å². The monoisotopic (exact) mass is 418 g/mol. The zero-order valence-corrected chi connectivity index (χ0v) is 16.8. The molecule has 1 atom stereocenters. The van der Waals surface area contributed by atoms with Crippen LogP contribution >= 0.6 is 22.9 Å². The summed E-state index contributed by atoms with van der Waals surface area (Å²) in [5.74, 6) is -0.279. The number of nitrogens with one attached hydrogen (secondary N) is 1. The molecule has 0 radical (unpaired) electrons. The number of thiazole rings is 1. The first-order valence-electron chi connectivity index (χ1n) is 9.04.